The molecule has 0 saturated carbocycles. The Bertz CT molecular complexity index is 2280. The molecule has 4 rings (SSSR count). The van der Waals surface area contributed by atoms with E-state index < -0.39 is 15.8 Å². The Hall–Kier alpha value is -6.58. The van der Waals surface area contributed by atoms with Gasteiger partial charge in [-0.1, -0.05) is 71.6 Å². The van der Waals surface area contributed by atoms with Gasteiger partial charge in [-0.15, -0.1) is 10.2 Å². The van der Waals surface area contributed by atoms with Crippen molar-refractivity contribution < 1.29 is 33.5 Å². The van der Waals surface area contributed by atoms with E-state index in [9.17, 15) is 19.7 Å². The quantitative estimate of drug-likeness (QED) is 0.0161. The molecular formula is C52H70N8O8. The molecular weight excluding hydrogens is 865 g/mol. The molecule has 0 aliphatic carbocycles. The molecule has 0 N–H and O–H groups in total. The van der Waals surface area contributed by atoms with Crippen LogP contribution in [0.15, 0.2) is 116 Å². The van der Waals surface area contributed by atoms with Gasteiger partial charge < -0.3 is 23.8 Å². The molecule has 0 aromatic heterocycles. The minimum absolute atomic E-state index is 0.0205. The van der Waals surface area contributed by atoms with E-state index in [-0.39, 0.29) is 24.2 Å². The van der Waals surface area contributed by atoms with Gasteiger partial charge in [-0.05, 0) is 108 Å². The number of benzene rings is 4. The zero-order valence-electron chi connectivity index (χ0n) is 41.2. The van der Waals surface area contributed by atoms with Crippen molar-refractivity contribution in [3.8, 4) is 11.5 Å². The normalized spacial score (nSPS) is 12.6. The number of carbonyl (C=O) groups is 2. The van der Waals surface area contributed by atoms with Gasteiger partial charge in [0.05, 0.1) is 65.9 Å². The topological polar surface area (TPSA) is 192 Å². The molecule has 0 radical (unpaired) electrons. The Labute approximate surface area is 401 Å². The highest BCUT2D eigenvalue weighted by atomic mass is 16.6. The van der Waals surface area contributed by atoms with Gasteiger partial charge in [0.2, 0.25) is 0 Å². The highest BCUT2D eigenvalue weighted by molar-refractivity contribution is 5.80. The first-order chi connectivity index (χ1) is 32.7. The van der Waals surface area contributed by atoms with Crippen molar-refractivity contribution in [2.45, 2.75) is 119 Å². The maximum atomic E-state index is 13.4. The smallest absolute Gasteiger partial charge is 0.311 e. The maximum absolute atomic E-state index is 13.4. The van der Waals surface area contributed by atoms with Gasteiger partial charge >= 0.3 is 11.9 Å². The SMILES string of the molecule is CCCCCCCCCCCCOC(=O)C(C)(CC)CC(C)(C)C(=O)OCCN(CC)c1ccc(N=Nc2cc(OC)c(N=Nc3ccc(N=Nc4ccc([N+](=O)[O-])cc4)cc3)cc2OC)cc1. The number of unbranched alkanes of at least 4 members (excludes halogenated alkanes) is 9. The fraction of sp³-hybridized carbons (Fsp3) is 0.500. The summed E-state index contributed by atoms with van der Waals surface area (Å²) in [4.78, 5) is 39.2. The number of anilines is 1. The van der Waals surface area contributed by atoms with Crippen molar-refractivity contribution >= 4 is 57.4 Å². The Balaban J connectivity index is 1.26. The molecule has 1 atom stereocenters. The third-order valence-electron chi connectivity index (χ3n) is 11.8. The number of nitro benzene ring substituents is 1. The number of hydrogen-bond acceptors (Lipinski definition) is 15. The number of esters is 2. The first-order valence-corrected chi connectivity index (χ1v) is 23.8. The number of rotatable bonds is 30. The summed E-state index contributed by atoms with van der Waals surface area (Å²) in [6, 6.07) is 23.6. The van der Waals surface area contributed by atoms with E-state index in [1.807, 2.05) is 58.9 Å². The van der Waals surface area contributed by atoms with Gasteiger partial charge in [0.15, 0.2) is 0 Å². The van der Waals surface area contributed by atoms with Gasteiger partial charge in [0.1, 0.15) is 29.5 Å². The number of methoxy groups -OCH3 is 2. The molecule has 16 heteroatoms. The average Bonchev–Trinajstić information content (AvgIpc) is 3.35. The fourth-order valence-electron chi connectivity index (χ4n) is 7.55. The Morgan fingerprint density at radius 3 is 1.46 bits per heavy atom. The molecule has 0 heterocycles. The second kappa shape index (κ2) is 27.9. The summed E-state index contributed by atoms with van der Waals surface area (Å²) in [6.07, 6.45) is 13.0. The lowest BCUT2D eigenvalue weighted by Crippen LogP contribution is -2.39. The number of hydrogen-bond donors (Lipinski definition) is 0. The van der Waals surface area contributed by atoms with Crippen LogP contribution in [0.3, 0.4) is 0 Å². The summed E-state index contributed by atoms with van der Waals surface area (Å²) in [5, 5.41) is 36.8. The molecule has 1 unspecified atom stereocenters. The molecule has 366 valence electrons. The standard InChI is InChI=1S/C52H70N8O8/c1-9-12-13-14-15-16-17-18-19-20-34-67-50(62)52(6,10-2)38-51(4,5)49(61)68-35-33-59(11-3)43-29-25-42(26-30-43)56-58-46-37-47(65-7)45(36-48(46)66-8)57-55-40-23-21-39(22-24-40)53-54-41-27-31-44(32-28-41)60(63)64/h21-32,36-37H,9-20,33-35,38H2,1-8H3. The van der Waals surface area contributed by atoms with E-state index in [1.54, 1.807) is 36.4 Å². The van der Waals surface area contributed by atoms with E-state index in [0.717, 1.165) is 24.9 Å². The highest BCUT2D eigenvalue weighted by Gasteiger charge is 2.43. The van der Waals surface area contributed by atoms with Crippen LogP contribution in [0, 0.1) is 20.9 Å². The Morgan fingerprint density at radius 1 is 0.588 bits per heavy atom. The number of non-ortho nitro benzene ring substituents is 1. The lowest BCUT2D eigenvalue weighted by molar-refractivity contribution is -0.384. The predicted molar refractivity (Wildman–Crippen MR) is 266 cm³/mol. The summed E-state index contributed by atoms with van der Waals surface area (Å²) < 4.78 is 22.8. The van der Waals surface area contributed by atoms with Crippen molar-refractivity contribution in [3.63, 3.8) is 0 Å². The Morgan fingerprint density at radius 2 is 1.01 bits per heavy atom. The zero-order valence-corrected chi connectivity index (χ0v) is 41.2. The lowest BCUT2D eigenvalue weighted by Gasteiger charge is -2.34. The van der Waals surface area contributed by atoms with Crippen LogP contribution in [-0.2, 0) is 19.1 Å². The Kier molecular flexibility index (Phi) is 22.2. The van der Waals surface area contributed by atoms with Crippen molar-refractivity contribution in [2.75, 3.05) is 45.4 Å². The molecule has 0 aliphatic rings. The fourth-order valence-corrected chi connectivity index (χ4v) is 7.55. The van der Waals surface area contributed by atoms with Crippen LogP contribution in [0.5, 0.6) is 11.5 Å². The predicted octanol–water partition coefficient (Wildman–Crippen LogP) is 15.5. The van der Waals surface area contributed by atoms with Crippen LogP contribution in [0.25, 0.3) is 0 Å². The first kappa shape index (κ1) is 54.0. The van der Waals surface area contributed by atoms with Crippen LogP contribution in [-0.4, -0.2) is 57.4 Å². The largest absolute Gasteiger partial charge is 0.494 e. The summed E-state index contributed by atoms with van der Waals surface area (Å²) >= 11 is 0. The number of ether oxygens (including phenoxy) is 4. The molecule has 4 aromatic rings. The molecule has 0 bridgehead atoms. The summed E-state index contributed by atoms with van der Waals surface area (Å²) in [5.74, 6) is 0.228. The molecule has 4 aromatic carbocycles. The molecule has 0 saturated heterocycles. The van der Waals surface area contributed by atoms with E-state index in [4.69, 9.17) is 18.9 Å². The van der Waals surface area contributed by atoms with E-state index in [1.165, 1.54) is 83.4 Å². The number of likely N-dealkylation sites (N-methyl/N-ethyl adjacent to an activating group) is 1. The summed E-state index contributed by atoms with van der Waals surface area (Å²) in [7, 11) is 3.05. The van der Waals surface area contributed by atoms with Crippen molar-refractivity contribution in [2.24, 2.45) is 41.5 Å². The molecule has 0 fully saturated rings. The zero-order chi connectivity index (χ0) is 49.4. The number of azo groups is 3. The average molecular weight is 935 g/mol. The second-order valence-corrected chi connectivity index (χ2v) is 17.6. The van der Waals surface area contributed by atoms with E-state index in [0.29, 0.717) is 78.2 Å². The van der Waals surface area contributed by atoms with Crippen LogP contribution >= 0.6 is 0 Å². The molecule has 0 spiro atoms. The summed E-state index contributed by atoms with van der Waals surface area (Å²) in [5.41, 5.74) is 2.29. The monoisotopic (exact) mass is 935 g/mol. The number of carbonyl (C=O) groups excluding carboxylic acids is 2. The second-order valence-electron chi connectivity index (χ2n) is 17.6. The van der Waals surface area contributed by atoms with Crippen molar-refractivity contribution in [1.82, 2.24) is 0 Å². The third kappa shape index (κ3) is 17.3. The summed E-state index contributed by atoms with van der Waals surface area (Å²) in [6.45, 7) is 13.6. The maximum Gasteiger partial charge on any atom is 0.311 e. The third-order valence-corrected chi connectivity index (χ3v) is 11.8. The molecule has 0 amide bonds. The minimum Gasteiger partial charge on any atom is -0.494 e. The van der Waals surface area contributed by atoms with Crippen molar-refractivity contribution in [1.29, 1.82) is 0 Å². The lowest BCUT2D eigenvalue weighted by atomic mass is 9.72. The number of nitro groups is 1. The van der Waals surface area contributed by atoms with Crippen LogP contribution < -0.4 is 14.4 Å². The van der Waals surface area contributed by atoms with Crippen molar-refractivity contribution in [3.05, 3.63) is 95.0 Å². The highest BCUT2D eigenvalue weighted by Crippen LogP contribution is 2.42. The molecule has 16 nitrogen and oxygen atoms in total. The van der Waals surface area contributed by atoms with Crippen LogP contribution in [0.1, 0.15) is 119 Å². The van der Waals surface area contributed by atoms with Gasteiger partial charge in [-0.25, -0.2) is 0 Å². The molecule has 68 heavy (non-hydrogen) atoms. The van der Waals surface area contributed by atoms with Gasteiger partial charge in [-0.3, -0.25) is 19.7 Å². The van der Waals surface area contributed by atoms with E-state index >= 15 is 0 Å². The van der Waals surface area contributed by atoms with Crippen LogP contribution in [0.4, 0.5) is 45.5 Å². The van der Waals surface area contributed by atoms with Crippen LogP contribution in [0.2, 0.25) is 0 Å². The first-order valence-electron chi connectivity index (χ1n) is 23.8. The van der Waals surface area contributed by atoms with Gasteiger partial charge in [0, 0.05) is 36.5 Å². The van der Waals surface area contributed by atoms with Gasteiger partial charge in [-0.2, -0.15) is 20.5 Å². The number of nitrogens with zero attached hydrogens (tertiary/aromatic N) is 8. The van der Waals surface area contributed by atoms with E-state index in [2.05, 4.69) is 42.5 Å². The molecule has 0 aliphatic heterocycles. The van der Waals surface area contributed by atoms with Gasteiger partial charge in [0.25, 0.3) is 5.69 Å². The minimum atomic E-state index is -0.882.